The summed E-state index contributed by atoms with van der Waals surface area (Å²) >= 11 is 0. The summed E-state index contributed by atoms with van der Waals surface area (Å²) in [6, 6.07) is 20.1. The summed E-state index contributed by atoms with van der Waals surface area (Å²) < 4.78 is 13.1. The largest absolute Gasteiger partial charge is 0.512 e. The van der Waals surface area contributed by atoms with Crippen LogP contribution in [0.25, 0.3) is 43.9 Å². The van der Waals surface area contributed by atoms with Gasteiger partial charge in [0.2, 0.25) is 0 Å². The van der Waals surface area contributed by atoms with Crippen LogP contribution in [0, 0.1) is 24.8 Å². The number of aliphatic hydroxyl groups excluding tert-OH is 1. The number of aromatic nitrogens is 1. The zero-order valence-electron chi connectivity index (χ0n) is 27.6. The van der Waals surface area contributed by atoms with Crippen molar-refractivity contribution in [2.24, 2.45) is 11.8 Å². The predicted octanol–water partition coefficient (Wildman–Crippen LogP) is 10.4. The summed E-state index contributed by atoms with van der Waals surface area (Å²) in [5, 5.41) is 15.0. The molecule has 0 amide bonds. The number of pyridine rings is 1. The van der Waals surface area contributed by atoms with Crippen molar-refractivity contribution in [3.8, 4) is 22.8 Å². The summed E-state index contributed by atoms with van der Waals surface area (Å²) in [5.74, 6) is 2.25. The van der Waals surface area contributed by atoms with Crippen molar-refractivity contribution in [3.63, 3.8) is 0 Å². The van der Waals surface area contributed by atoms with E-state index in [2.05, 4.69) is 56.9 Å². The van der Waals surface area contributed by atoms with E-state index >= 15 is 0 Å². The fourth-order valence-corrected chi connectivity index (χ4v) is 7.39. The molecule has 1 aliphatic rings. The Kier molecular flexibility index (Phi) is 10.8. The number of ketones is 1. The van der Waals surface area contributed by atoms with E-state index in [9.17, 15) is 9.90 Å². The first kappa shape index (κ1) is 34.6. The van der Waals surface area contributed by atoms with Crippen LogP contribution >= 0.6 is 0 Å². The van der Waals surface area contributed by atoms with Crippen molar-refractivity contribution in [2.45, 2.75) is 79.9 Å². The molecular weight excluding hydrogens is 755 g/mol. The van der Waals surface area contributed by atoms with Gasteiger partial charge in [0.15, 0.2) is 11.5 Å². The van der Waals surface area contributed by atoms with Crippen LogP contribution in [0.4, 0.5) is 0 Å². The molecule has 0 unspecified atom stereocenters. The molecule has 1 radical (unpaired) electrons. The van der Waals surface area contributed by atoms with Crippen LogP contribution < -0.4 is 10.1 Å². The van der Waals surface area contributed by atoms with E-state index in [1.165, 1.54) is 6.08 Å². The van der Waals surface area contributed by atoms with Gasteiger partial charge in [0.1, 0.15) is 19.0 Å². The van der Waals surface area contributed by atoms with Gasteiger partial charge in [-0.15, -0.1) is 17.5 Å². The van der Waals surface area contributed by atoms with Crippen molar-refractivity contribution < 1.29 is 39.2 Å². The van der Waals surface area contributed by atoms with E-state index < -0.39 is 8.07 Å². The first-order chi connectivity index (χ1) is 21.0. The van der Waals surface area contributed by atoms with Crippen LogP contribution in [-0.4, -0.2) is 23.9 Å². The molecule has 239 valence electrons. The number of allylic oxidation sites excluding steroid dienone is 2. The second-order valence-corrected chi connectivity index (χ2v) is 17.7. The minimum absolute atomic E-state index is 0. The molecule has 45 heavy (non-hydrogen) atoms. The number of para-hydroxylation sites is 1. The smallest absolute Gasteiger partial charge is 0.162 e. The Hall–Kier alpha value is -3.25. The van der Waals surface area contributed by atoms with Gasteiger partial charge < -0.3 is 14.3 Å². The molecule has 2 aromatic heterocycles. The fourth-order valence-electron chi connectivity index (χ4n) is 6.13. The van der Waals surface area contributed by atoms with Crippen LogP contribution in [0.1, 0.15) is 58.9 Å². The van der Waals surface area contributed by atoms with Gasteiger partial charge in [-0.3, -0.25) is 9.78 Å². The van der Waals surface area contributed by atoms with Crippen LogP contribution in [0.15, 0.2) is 64.8 Å². The second-order valence-electron chi connectivity index (χ2n) is 12.8. The first-order valence-electron chi connectivity index (χ1n) is 16.0. The molecule has 7 heteroatoms. The molecule has 0 saturated carbocycles. The van der Waals surface area contributed by atoms with Gasteiger partial charge in [-0.25, -0.2) is 0 Å². The van der Waals surface area contributed by atoms with Crippen LogP contribution in [0.5, 0.6) is 11.5 Å². The predicted molar refractivity (Wildman–Crippen MR) is 185 cm³/mol. The Morgan fingerprint density at radius 1 is 0.911 bits per heavy atom. The van der Waals surface area contributed by atoms with E-state index in [-0.39, 0.29) is 43.5 Å². The summed E-state index contributed by atoms with van der Waals surface area (Å²) in [4.78, 5) is 16.8. The molecule has 3 aromatic carbocycles. The summed E-state index contributed by atoms with van der Waals surface area (Å²) in [5.41, 5.74) is 4.77. The van der Waals surface area contributed by atoms with Crippen molar-refractivity contribution in [1.82, 2.24) is 4.98 Å². The molecule has 6 rings (SSSR count). The Morgan fingerprint density at radius 2 is 1.51 bits per heavy atom. The Bertz CT molecular complexity index is 1880. The topological polar surface area (TPSA) is 72.6 Å². The average Bonchev–Trinajstić information content (AvgIpc) is 3.41. The monoisotopic (exact) mass is 799 g/mol. The van der Waals surface area contributed by atoms with E-state index in [0.717, 1.165) is 92.0 Å². The number of aryl methyl sites for hydroxylation is 1. The molecule has 5 aromatic rings. The molecule has 1 N–H and O–H groups in total. The van der Waals surface area contributed by atoms with Gasteiger partial charge in [-0.1, -0.05) is 94.2 Å². The van der Waals surface area contributed by atoms with Gasteiger partial charge in [-0.05, 0) is 44.7 Å². The maximum Gasteiger partial charge on any atom is 0.162 e. The van der Waals surface area contributed by atoms with E-state index in [1.54, 1.807) is 0 Å². The van der Waals surface area contributed by atoms with Crippen molar-refractivity contribution in [2.75, 3.05) is 0 Å². The van der Waals surface area contributed by atoms with Crippen LogP contribution in [-0.2, 0) is 24.9 Å². The molecule has 3 heterocycles. The number of carbonyl (C=O) groups excluding carboxylic acids is 1. The third-order valence-corrected chi connectivity index (χ3v) is 10.5. The maximum atomic E-state index is 11.7. The van der Waals surface area contributed by atoms with Crippen LogP contribution in [0.2, 0.25) is 19.6 Å². The molecule has 0 atom stereocenters. The SMILES string of the molecule is CCC(CC)C(=O)/C=C(\O)C(CC)CC.Cc1c2c([c-]c3ccccc13)-c1nc3ccccc3c3oc([Si](C)(C)C)c(c13)O2.[Ir]. The minimum Gasteiger partial charge on any atom is -0.512 e. The Morgan fingerprint density at radius 3 is 2.13 bits per heavy atom. The van der Waals surface area contributed by atoms with Crippen LogP contribution in [0.3, 0.4) is 0 Å². The van der Waals surface area contributed by atoms with Gasteiger partial charge >= 0.3 is 0 Å². The zero-order valence-corrected chi connectivity index (χ0v) is 31.0. The molecule has 0 aliphatic carbocycles. The normalized spacial score (nSPS) is 12.6. The summed E-state index contributed by atoms with van der Waals surface area (Å²) in [6.07, 6.45) is 4.91. The van der Waals surface area contributed by atoms with Crippen molar-refractivity contribution in [3.05, 3.63) is 72.0 Å². The van der Waals surface area contributed by atoms with E-state index in [1.807, 2.05) is 52.0 Å². The van der Waals surface area contributed by atoms with E-state index in [4.69, 9.17) is 14.1 Å². The molecule has 0 spiro atoms. The number of nitrogens with zero attached hydrogens (tertiary/aromatic N) is 1. The number of fused-ring (bicyclic) bond motifs is 5. The van der Waals surface area contributed by atoms with Gasteiger partial charge in [-0.2, -0.15) is 0 Å². The fraction of sp³-hybridized carbons (Fsp3) is 0.368. The Labute approximate surface area is 281 Å². The third-order valence-electron chi connectivity index (χ3n) is 8.84. The number of carbonyl (C=O) groups is 1. The number of aliphatic hydroxyl groups is 1. The summed E-state index contributed by atoms with van der Waals surface area (Å²) in [6.45, 7) is 17.0. The number of ether oxygens (including phenoxy) is 1. The molecular formula is C38H44IrNO4Si-. The second kappa shape index (κ2) is 14.0. The van der Waals surface area contributed by atoms with E-state index in [0.29, 0.717) is 0 Å². The number of benzene rings is 3. The number of furan rings is 1. The number of rotatable bonds is 8. The molecule has 0 fully saturated rings. The van der Waals surface area contributed by atoms with Gasteiger partial charge in [0.05, 0.1) is 22.4 Å². The first-order valence-corrected chi connectivity index (χ1v) is 19.5. The Balaban J connectivity index is 0.000000249. The van der Waals surface area contributed by atoms with Gasteiger partial charge in [0.25, 0.3) is 0 Å². The van der Waals surface area contributed by atoms with Gasteiger partial charge in [0, 0.05) is 49.1 Å². The standard InChI is InChI=1S/C25H20NO2Si.C13H24O2.Ir/c1-14-16-10-6-5-9-15(16)13-18-21-20-23(17-11-7-8-12-19(17)26-21)28-25(29(2,3)4)24(20)27-22(14)18;1-5-10(6-2)12(14)9-13(15)11(7-3)8-4;/h5-12H,1-4H3;9-11,14H,5-8H2,1-4H3;/q-1;;/b;12-9-;. The average molecular weight is 799 g/mol. The van der Waals surface area contributed by atoms with Crippen molar-refractivity contribution >= 4 is 51.9 Å². The maximum absolute atomic E-state index is 11.7. The molecule has 0 saturated heterocycles. The molecule has 1 aliphatic heterocycles. The quantitative estimate of drug-likeness (QED) is 0.0719. The number of hydrogen-bond donors (Lipinski definition) is 1. The number of hydrogen-bond acceptors (Lipinski definition) is 5. The minimum atomic E-state index is -1.78. The zero-order chi connectivity index (χ0) is 31.8. The van der Waals surface area contributed by atoms with Crippen molar-refractivity contribution in [1.29, 1.82) is 0 Å². The third kappa shape index (κ3) is 6.54. The molecule has 0 bridgehead atoms. The summed E-state index contributed by atoms with van der Waals surface area (Å²) in [7, 11) is -1.78. The molecule has 5 nitrogen and oxygen atoms in total.